The number of aromatic nitrogens is 9. The second-order valence-electron chi connectivity index (χ2n) is 37.5. The summed E-state index contributed by atoms with van der Waals surface area (Å²) in [7, 11) is 10.3. The number of alkyl carbamates (subject to hydrolysis) is 3. The van der Waals surface area contributed by atoms with Crippen LogP contribution in [0, 0.1) is 0 Å². The molecule has 6 amide bonds. The van der Waals surface area contributed by atoms with E-state index in [4.69, 9.17) is 34.5 Å². The molecule has 9 aromatic rings. The molecule has 0 spiro atoms. The van der Waals surface area contributed by atoms with Crippen LogP contribution in [0.4, 0.5) is 59.6 Å². The molecule has 0 saturated carbocycles. The lowest BCUT2D eigenvalue weighted by molar-refractivity contribution is -0.140. The number of anilines is 1. The molecule has 0 fully saturated rings. The molecule has 0 radical (unpaired) electrons. The topological polar surface area (TPSA) is 450 Å². The molecular weight excluding hydrogens is 1960 g/mol. The van der Waals surface area contributed by atoms with Crippen molar-refractivity contribution in [3.05, 3.63) is 204 Å². The number of H-pyrrole nitrogens is 1. The third-order valence-corrected chi connectivity index (χ3v) is 24.8. The molecule has 146 heavy (non-hydrogen) atoms. The molecule has 0 unspecified atom stereocenters. The van der Waals surface area contributed by atoms with E-state index in [-0.39, 0.29) is 157 Å². The lowest BCUT2D eigenvalue weighted by atomic mass is 10.0. The van der Waals surface area contributed by atoms with E-state index in [9.17, 15) is 97.0 Å². The number of fused-ring (bicyclic) bond motifs is 3. The van der Waals surface area contributed by atoms with E-state index in [1.54, 1.807) is 148 Å². The number of nitrogens with zero attached hydrogens (tertiary/aromatic N) is 11. The number of hydrogen-bond acceptors (Lipinski definition) is 24. The normalized spacial score (nSPS) is 12.6. The zero-order chi connectivity index (χ0) is 109. The quantitative estimate of drug-likeness (QED) is 0.00679. The number of carbonyl (C=O) groups excluding carboxylic acids is 8. The average molecular weight is 2100 g/mol. The molecule has 0 aliphatic carbocycles. The summed E-state index contributed by atoms with van der Waals surface area (Å²) >= 11 is 0. The zero-order valence-corrected chi connectivity index (χ0v) is 87.6. The summed E-state index contributed by atoms with van der Waals surface area (Å²) in [5.41, 5.74) is 4.26. The largest absolute Gasteiger partial charge is 0.488 e. The van der Waals surface area contributed by atoms with Crippen LogP contribution in [0.3, 0.4) is 0 Å². The predicted molar refractivity (Wildman–Crippen MR) is 534 cm³/mol. The summed E-state index contributed by atoms with van der Waals surface area (Å²) < 4.78 is 174. The molecule has 37 nitrogen and oxygen atoms in total. The van der Waals surface area contributed by atoms with Crippen LogP contribution in [0.1, 0.15) is 125 Å². The first-order valence-corrected chi connectivity index (χ1v) is 53.8. The van der Waals surface area contributed by atoms with Crippen LogP contribution in [0.25, 0.3) is 33.1 Å². The number of carbonyl (C=O) groups is 9. The number of allylic oxidation sites excluding steroid dienone is 3. The van der Waals surface area contributed by atoms with Gasteiger partial charge >= 0.3 is 42.8 Å². The predicted octanol–water partition coefficient (Wildman–Crippen LogP) is 14.6. The van der Waals surface area contributed by atoms with Gasteiger partial charge in [-0.05, 0) is 153 Å². The van der Waals surface area contributed by atoms with E-state index in [0.717, 1.165) is 45.8 Å². The number of nitrogens with two attached hydrogens (primary N) is 1. The van der Waals surface area contributed by atoms with Crippen molar-refractivity contribution < 1.29 is 126 Å². The summed E-state index contributed by atoms with van der Waals surface area (Å²) in [5, 5.41) is 16.0. The van der Waals surface area contributed by atoms with E-state index in [2.05, 4.69) is 89.4 Å². The van der Waals surface area contributed by atoms with Gasteiger partial charge in [-0.25, -0.2) is 19.2 Å². The van der Waals surface area contributed by atoms with E-state index in [1.165, 1.54) is 83.3 Å². The van der Waals surface area contributed by atoms with Gasteiger partial charge in [-0.15, -0.1) is 0 Å². The van der Waals surface area contributed by atoms with Gasteiger partial charge in [0.1, 0.15) is 52.7 Å². The van der Waals surface area contributed by atoms with E-state index in [1.807, 2.05) is 0 Å². The molecular formula is C98H131F9N16O21Si2. The first-order valence-electron chi connectivity index (χ1n) is 46.4. The number of Topliss-reactive ketones (excluding diaryl/α,β-unsaturated/α-hetero) is 2. The number of likely N-dealkylation sites (N-methyl/N-ethyl adjacent to an activating group) is 3. The Kier molecular flexibility index (Phi) is 45.4. The second kappa shape index (κ2) is 54.9. The number of rotatable bonds is 44. The smallest absolute Gasteiger partial charge is 0.421 e. The number of ketones is 2. The monoisotopic (exact) mass is 2090 g/mol. The van der Waals surface area contributed by atoms with Crippen LogP contribution in [-0.2, 0) is 117 Å². The van der Waals surface area contributed by atoms with E-state index >= 15 is 0 Å². The van der Waals surface area contributed by atoms with Gasteiger partial charge in [-0.3, -0.25) is 53.3 Å². The van der Waals surface area contributed by atoms with Gasteiger partial charge in [0.25, 0.3) is 16.7 Å². The number of ether oxygens (including phenoxy) is 8. The van der Waals surface area contributed by atoms with Crippen LogP contribution < -0.4 is 52.6 Å². The lowest BCUT2D eigenvalue weighted by Gasteiger charge is -2.20. The Labute approximate surface area is 839 Å². The third-order valence-electron chi connectivity index (χ3n) is 21.4. The van der Waals surface area contributed by atoms with Gasteiger partial charge in [0.2, 0.25) is 17.7 Å². The van der Waals surface area contributed by atoms with Crippen molar-refractivity contribution in [3.8, 4) is 17.2 Å². The fourth-order valence-corrected chi connectivity index (χ4v) is 15.3. The number of nitrogen functional groups attached to an aromatic ring is 1. The number of nitrogens with one attached hydrogen (secondary N) is 4. The molecule has 0 aliphatic heterocycles. The van der Waals surface area contributed by atoms with Gasteiger partial charge < -0.3 is 107 Å². The van der Waals surface area contributed by atoms with Gasteiger partial charge in [-0.1, -0.05) is 69.6 Å². The molecule has 9 heterocycles. The first kappa shape index (κ1) is 121. The van der Waals surface area contributed by atoms with Crippen molar-refractivity contribution in [2.24, 2.45) is 0 Å². The molecule has 7 N–H and O–H groups in total. The summed E-state index contributed by atoms with van der Waals surface area (Å²) in [5.74, 6) is -3.74. The Balaban J connectivity index is 0.000000313. The molecule has 0 aliphatic rings. The van der Waals surface area contributed by atoms with Crippen molar-refractivity contribution in [2.75, 3.05) is 82.6 Å². The number of amides is 6. The first-order chi connectivity index (χ1) is 68.2. The van der Waals surface area contributed by atoms with Crippen molar-refractivity contribution in [3.63, 3.8) is 0 Å². The number of carboxylic acid groups (broad SMARTS) is 1. The van der Waals surface area contributed by atoms with Crippen LogP contribution in [0.15, 0.2) is 143 Å². The maximum atomic E-state index is 14.2. The van der Waals surface area contributed by atoms with Crippen LogP contribution in [0.2, 0.25) is 51.4 Å². The Bertz CT molecular complexity index is 6280. The highest BCUT2D eigenvalue weighted by molar-refractivity contribution is 6.76. The Morgan fingerprint density at radius 1 is 0.473 bits per heavy atom. The summed E-state index contributed by atoms with van der Waals surface area (Å²) in [4.78, 5) is 166. The highest BCUT2D eigenvalue weighted by Crippen LogP contribution is 2.45. The summed E-state index contributed by atoms with van der Waals surface area (Å²) in [6.45, 7) is 23.7. The number of aromatic amines is 1. The number of pyridine rings is 6. The lowest BCUT2D eigenvalue weighted by Crippen LogP contribution is -2.42. The molecule has 9 aromatic heterocycles. The van der Waals surface area contributed by atoms with Gasteiger partial charge in [0, 0.05) is 150 Å². The van der Waals surface area contributed by atoms with Crippen LogP contribution >= 0.6 is 0 Å². The standard InChI is InChI=1S/C35H48F3N5O7Si.C29H34F3N5O6.C23H31F3N4O3Si.C11H18N2O5/c1-23(2)50-32-26(35(36,37)38)20-39-28-19-25(43(31(28)32)22-49-16-17-51(6,7)8)21-42-15-11-12-24(33(42)46)18-29(44)27(40-34(47)48-5)13-9-10-14-30(45)41(3)4;1-17(2)43-26-20(29(30,31)32)15-33-22-14-19(34-25(22)26)16-37-12-8-9-18(27(37)40)13-23(38)21(35-28(41)42-5)10-6-7-11-24(39)36(3)4;1-15(2)33-21-17(23(24,25)26)12-28-19-11-16(13-29-8-6-7-18(27)22(29)31)30(20(19)21)14-32-9-10-34(3,4)5;1-13(2)9(14)7-5-4-6-8(10(15)16)12-11(17)18-3/h10-12,14-15,19-20,23,27H,9,13,16-18,21-22H2,1-8H3,(H,40,47);7-9,11-12,14-15,17,21,34H,6,10,13,16H2,1-5H3,(H,35,41);6-8,11-12,15H,9-10,13-14,27H2,1-5H3;5,7-8H,4,6H2,1-3H3,(H,12,17)(H,15,16)/b14-10+;11-7+;;7-5+/t27-;21-;;8-/m00.0/s1. The Morgan fingerprint density at radius 2 is 0.801 bits per heavy atom. The molecule has 3 atom stereocenters. The van der Waals surface area contributed by atoms with Gasteiger partial charge in [0.05, 0.1) is 93.6 Å². The minimum Gasteiger partial charge on any atom is -0.488 e. The highest BCUT2D eigenvalue weighted by atomic mass is 28.3. The minimum absolute atomic E-state index is 0.00216. The maximum absolute atomic E-state index is 14.2. The molecule has 0 saturated heterocycles. The maximum Gasteiger partial charge on any atom is 0.421 e. The SMILES string of the molecule is CC(C)Oc1c(C(F)(F)F)cnc2cc(Cn3cccc(N)c3=O)n(COCC[Si](C)(C)C)c12.COC(=O)N[C@@H](CC/C=C/C(=O)N(C)C)C(=O)Cc1cccn(Cc2cc3ncc(C(F)(F)F)c(OC(C)C)c3[nH]2)c1=O.COC(=O)N[C@@H](CC/C=C/C(=O)N(C)C)C(=O)Cc1cccn(Cc2cc3ncc(C(F)(F)F)c(OC(C)C)c3n2COCC[Si](C)(C)C)c1=O.COC(=O)N[C@@H](CC/C=C/C(=O)N(C)C)C(=O)O. The number of aliphatic carboxylic acids is 1. The number of alkyl halides is 9. The Hall–Kier alpha value is -13.9. The number of hydrogen-bond donors (Lipinski definition) is 6. The molecule has 0 aromatic carbocycles. The number of methoxy groups -OCH3 is 3. The fraction of sp³-hybridized carbons (Fsp3) is 0.480. The molecule has 9 rings (SSSR count). The van der Waals surface area contributed by atoms with E-state index in [0.29, 0.717) is 54.9 Å². The van der Waals surface area contributed by atoms with Crippen LogP contribution in [0.5, 0.6) is 17.2 Å². The highest BCUT2D eigenvalue weighted by Gasteiger charge is 2.41. The fourth-order valence-electron chi connectivity index (χ4n) is 13.8. The van der Waals surface area contributed by atoms with Crippen molar-refractivity contribution >= 4 is 108 Å². The molecule has 48 heteroatoms. The molecule has 800 valence electrons. The zero-order valence-electron chi connectivity index (χ0n) is 85.6. The van der Waals surface area contributed by atoms with Crippen molar-refractivity contribution in [1.29, 1.82) is 0 Å². The second-order valence-corrected chi connectivity index (χ2v) is 48.7. The summed E-state index contributed by atoms with van der Waals surface area (Å²) in [6, 6.07) is 12.8. The van der Waals surface area contributed by atoms with Gasteiger partial charge in [-0.2, -0.15) is 39.5 Å². The van der Waals surface area contributed by atoms with Crippen molar-refractivity contribution in [2.45, 2.75) is 232 Å². The van der Waals surface area contributed by atoms with E-state index < -0.39 is 135 Å². The third kappa shape index (κ3) is 37.6. The average Bonchev–Trinajstić information content (AvgIpc) is 1.60. The summed E-state index contributed by atoms with van der Waals surface area (Å²) in [6.07, 6.45) is -1.67. The molecule has 0 bridgehead atoms. The van der Waals surface area contributed by atoms with Crippen LogP contribution in [-0.4, -0.2) is 246 Å². The minimum atomic E-state index is -4.74. The van der Waals surface area contributed by atoms with Gasteiger partial charge in [0.15, 0.2) is 28.8 Å². The number of carboxylic acids is 1. The Morgan fingerprint density at radius 3 is 1.14 bits per heavy atom. The van der Waals surface area contributed by atoms with Crippen molar-refractivity contribution in [1.82, 2.24) is 73.4 Å². The number of halogens is 9.